The summed E-state index contributed by atoms with van der Waals surface area (Å²) in [5.74, 6) is 0.0284. The SMILES string of the molecule is CN(C(=O)c1ccc(CN2CCCCC2)cc1)c1ccccc1. The Kier molecular flexibility index (Phi) is 5.09. The maximum Gasteiger partial charge on any atom is 0.258 e. The van der Waals surface area contributed by atoms with E-state index in [1.54, 1.807) is 4.90 Å². The van der Waals surface area contributed by atoms with Gasteiger partial charge in [-0.05, 0) is 55.8 Å². The molecule has 0 saturated carbocycles. The molecule has 0 radical (unpaired) electrons. The van der Waals surface area contributed by atoms with Crippen LogP contribution < -0.4 is 4.90 Å². The molecular weight excluding hydrogens is 284 g/mol. The molecule has 1 aliphatic heterocycles. The minimum Gasteiger partial charge on any atom is -0.311 e. The summed E-state index contributed by atoms with van der Waals surface area (Å²) in [7, 11) is 1.82. The monoisotopic (exact) mass is 308 g/mol. The first-order valence-corrected chi connectivity index (χ1v) is 8.38. The lowest BCUT2D eigenvalue weighted by Gasteiger charge is -2.26. The Balaban J connectivity index is 1.65. The van der Waals surface area contributed by atoms with Crippen molar-refractivity contribution in [2.24, 2.45) is 0 Å². The molecule has 1 fully saturated rings. The quantitative estimate of drug-likeness (QED) is 0.854. The van der Waals surface area contributed by atoms with Gasteiger partial charge in [0.25, 0.3) is 5.91 Å². The summed E-state index contributed by atoms with van der Waals surface area (Å²) in [6, 6.07) is 17.8. The molecule has 3 rings (SSSR count). The van der Waals surface area contributed by atoms with E-state index in [1.807, 2.05) is 49.5 Å². The van der Waals surface area contributed by atoms with Gasteiger partial charge in [-0.15, -0.1) is 0 Å². The van der Waals surface area contributed by atoms with Crippen LogP contribution in [0.2, 0.25) is 0 Å². The molecule has 1 saturated heterocycles. The van der Waals surface area contributed by atoms with Crippen LogP contribution in [-0.2, 0) is 6.54 Å². The van der Waals surface area contributed by atoms with Crippen molar-refractivity contribution in [3.05, 3.63) is 65.7 Å². The highest BCUT2D eigenvalue weighted by Gasteiger charge is 2.14. The summed E-state index contributed by atoms with van der Waals surface area (Å²) in [4.78, 5) is 16.8. The second kappa shape index (κ2) is 7.42. The molecule has 2 aromatic rings. The van der Waals surface area contributed by atoms with E-state index in [2.05, 4.69) is 17.0 Å². The molecule has 0 bridgehead atoms. The molecule has 0 N–H and O–H groups in total. The average molecular weight is 308 g/mol. The van der Waals surface area contributed by atoms with E-state index in [0.717, 1.165) is 17.8 Å². The summed E-state index contributed by atoms with van der Waals surface area (Å²) < 4.78 is 0. The standard InChI is InChI=1S/C20H24N2O/c1-21(19-8-4-2-5-9-19)20(23)18-12-10-17(11-13-18)16-22-14-6-3-7-15-22/h2,4-5,8-13H,3,6-7,14-16H2,1H3. The number of amides is 1. The van der Waals surface area contributed by atoms with E-state index in [0.29, 0.717) is 0 Å². The lowest BCUT2D eigenvalue weighted by Crippen LogP contribution is -2.29. The van der Waals surface area contributed by atoms with E-state index < -0.39 is 0 Å². The van der Waals surface area contributed by atoms with Gasteiger partial charge in [0.2, 0.25) is 0 Å². The molecule has 3 heteroatoms. The second-order valence-corrected chi connectivity index (χ2v) is 6.23. The summed E-state index contributed by atoms with van der Waals surface area (Å²) in [5.41, 5.74) is 2.93. The molecule has 1 heterocycles. The largest absolute Gasteiger partial charge is 0.311 e. The molecule has 0 spiro atoms. The number of para-hydroxylation sites is 1. The van der Waals surface area contributed by atoms with Crippen LogP contribution in [0.5, 0.6) is 0 Å². The van der Waals surface area contributed by atoms with Crippen molar-refractivity contribution in [2.75, 3.05) is 25.0 Å². The number of carbonyl (C=O) groups excluding carboxylic acids is 1. The van der Waals surface area contributed by atoms with Gasteiger partial charge in [-0.3, -0.25) is 9.69 Å². The highest BCUT2D eigenvalue weighted by atomic mass is 16.2. The number of piperidine rings is 1. The number of nitrogens with zero attached hydrogens (tertiary/aromatic N) is 2. The second-order valence-electron chi connectivity index (χ2n) is 6.23. The molecule has 0 aliphatic carbocycles. The van der Waals surface area contributed by atoms with Crippen LogP contribution in [0.25, 0.3) is 0 Å². The molecule has 1 amide bonds. The van der Waals surface area contributed by atoms with Crippen molar-refractivity contribution < 1.29 is 4.79 Å². The van der Waals surface area contributed by atoms with Gasteiger partial charge >= 0.3 is 0 Å². The molecule has 120 valence electrons. The number of rotatable bonds is 4. The van der Waals surface area contributed by atoms with Crippen LogP contribution in [-0.4, -0.2) is 30.9 Å². The Morgan fingerprint density at radius 2 is 1.61 bits per heavy atom. The average Bonchev–Trinajstić information content (AvgIpc) is 2.63. The minimum absolute atomic E-state index is 0.0284. The third kappa shape index (κ3) is 3.99. The third-order valence-electron chi connectivity index (χ3n) is 4.50. The van der Waals surface area contributed by atoms with Crippen LogP contribution in [0.3, 0.4) is 0 Å². The smallest absolute Gasteiger partial charge is 0.258 e. The van der Waals surface area contributed by atoms with Crippen LogP contribution >= 0.6 is 0 Å². The van der Waals surface area contributed by atoms with Gasteiger partial charge in [0, 0.05) is 24.8 Å². The summed E-state index contributed by atoms with van der Waals surface area (Å²) in [5, 5.41) is 0. The Labute approximate surface area is 138 Å². The van der Waals surface area contributed by atoms with Gasteiger partial charge in [-0.2, -0.15) is 0 Å². The van der Waals surface area contributed by atoms with Crippen molar-refractivity contribution in [1.82, 2.24) is 4.90 Å². The van der Waals surface area contributed by atoms with Gasteiger partial charge in [0.05, 0.1) is 0 Å². The highest BCUT2D eigenvalue weighted by Crippen LogP contribution is 2.17. The zero-order valence-electron chi connectivity index (χ0n) is 13.7. The van der Waals surface area contributed by atoms with E-state index >= 15 is 0 Å². The van der Waals surface area contributed by atoms with E-state index in [9.17, 15) is 4.79 Å². The fourth-order valence-corrected chi connectivity index (χ4v) is 3.09. The number of hydrogen-bond donors (Lipinski definition) is 0. The lowest BCUT2D eigenvalue weighted by molar-refractivity contribution is 0.0993. The fraction of sp³-hybridized carbons (Fsp3) is 0.350. The first kappa shape index (κ1) is 15.8. The predicted molar refractivity (Wildman–Crippen MR) is 94.7 cm³/mol. The normalized spacial score (nSPS) is 15.3. The van der Waals surface area contributed by atoms with Crippen LogP contribution in [0.4, 0.5) is 5.69 Å². The Morgan fingerprint density at radius 1 is 0.957 bits per heavy atom. The Hall–Kier alpha value is -2.13. The Bertz CT molecular complexity index is 630. The van der Waals surface area contributed by atoms with E-state index in [4.69, 9.17) is 0 Å². The van der Waals surface area contributed by atoms with Crippen molar-refractivity contribution in [3.63, 3.8) is 0 Å². The van der Waals surface area contributed by atoms with E-state index in [1.165, 1.54) is 37.9 Å². The van der Waals surface area contributed by atoms with Gasteiger partial charge in [-0.1, -0.05) is 36.8 Å². The summed E-state index contributed by atoms with van der Waals surface area (Å²) >= 11 is 0. The van der Waals surface area contributed by atoms with Gasteiger partial charge in [0.1, 0.15) is 0 Å². The number of anilines is 1. The molecule has 1 aliphatic rings. The molecule has 0 aromatic heterocycles. The Morgan fingerprint density at radius 3 is 2.26 bits per heavy atom. The van der Waals surface area contributed by atoms with E-state index in [-0.39, 0.29) is 5.91 Å². The number of benzene rings is 2. The van der Waals surface area contributed by atoms with Crippen LogP contribution in [0, 0.1) is 0 Å². The number of likely N-dealkylation sites (tertiary alicyclic amines) is 1. The lowest BCUT2D eigenvalue weighted by atomic mass is 10.1. The maximum atomic E-state index is 12.6. The van der Waals surface area contributed by atoms with Crippen molar-refractivity contribution >= 4 is 11.6 Å². The van der Waals surface area contributed by atoms with Gasteiger partial charge in [-0.25, -0.2) is 0 Å². The summed E-state index contributed by atoms with van der Waals surface area (Å²) in [6.45, 7) is 3.37. The zero-order valence-corrected chi connectivity index (χ0v) is 13.7. The zero-order chi connectivity index (χ0) is 16.1. The molecule has 3 nitrogen and oxygen atoms in total. The van der Waals surface area contributed by atoms with Crippen LogP contribution in [0.1, 0.15) is 35.2 Å². The first-order chi connectivity index (χ1) is 11.2. The number of carbonyl (C=O) groups is 1. The van der Waals surface area contributed by atoms with Crippen molar-refractivity contribution in [3.8, 4) is 0 Å². The summed E-state index contributed by atoms with van der Waals surface area (Å²) in [6.07, 6.45) is 3.96. The maximum absolute atomic E-state index is 12.6. The highest BCUT2D eigenvalue weighted by molar-refractivity contribution is 6.05. The first-order valence-electron chi connectivity index (χ1n) is 8.38. The number of hydrogen-bond acceptors (Lipinski definition) is 2. The van der Waals surface area contributed by atoms with Crippen molar-refractivity contribution in [1.29, 1.82) is 0 Å². The van der Waals surface area contributed by atoms with Gasteiger partial charge in [0.15, 0.2) is 0 Å². The fourth-order valence-electron chi connectivity index (χ4n) is 3.09. The van der Waals surface area contributed by atoms with Crippen LogP contribution in [0.15, 0.2) is 54.6 Å². The molecule has 23 heavy (non-hydrogen) atoms. The molecule has 0 atom stereocenters. The topological polar surface area (TPSA) is 23.6 Å². The third-order valence-corrected chi connectivity index (χ3v) is 4.50. The molecule has 2 aromatic carbocycles. The van der Waals surface area contributed by atoms with Crippen molar-refractivity contribution in [2.45, 2.75) is 25.8 Å². The van der Waals surface area contributed by atoms with Gasteiger partial charge < -0.3 is 4.90 Å². The molecular formula is C20H24N2O. The minimum atomic E-state index is 0.0284. The predicted octanol–water partition coefficient (Wildman–Crippen LogP) is 3.95. The molecule has 0 unspecified atom stereocenters.